The normalized spacial score (nSPS) is 11.0. The average Bonchev–Trinajstić information content (AvgIpc) is 2.71. The van der Waals surface area contributed by atoms with Gasteiger partial charge in [0.2, 0.25) is 0 Å². The monoisotopic (exact) mass is 217 g/mol. The van der Waals surface area contributed by atoms with E-state index >= 15 is 0 Å². The second kappa shape index (κ2) is 3.96. The molecule has 0 saturated carbocycles. The lowest BCUT2D eigenvalue weighted by atomic mass is 10.1. The number of hydrogen-bond donors (Lipinski definition) is 1. The fourth-order valence-electron chi connectivity index (χ4n) is 1.40. The fourth-order valence-corrected chi connectivity index (χ4v) is 1.40. The van der Waals surface area contributed by atoms with Gasteiger partial charge in [0.05, 0.1) is 0 Å². The van der Waals surface area contributed by atoms with Crippen molar-refractivity contribution in [3.05, 3.63) is 29.6 Å². The van der Waals surface area contributed by atoms with Crippen LogP contribution in [0.25, 0.3) is 11.5 Å². The van der Waals surface area contributed by atoms with Crippen LogP contribution >= 0.6 is 0 Å². The summed E-state index contributed by atoms with van der Waals surface area (Å²) in [6.07, 6.45) is 0. The van der Waals surface area contributed by atoms with E-state index in [-0.39, 0.29) is 5.92 Å². The maximum atomic E-state index is 5.75. The molecule has 2 N–H and O–H groups in total. The molecule has 0 amide bonds. The van der Waals surface area contributed by atoms with Crippen LogP contribution in [0.4, 0.5) is 5.69 Å². The Hall–Kier alpha value is -1.84. The van der Waals surface area contributed by atoms with E-state index in [1.54, 1.807) is 0 Å². The van der Waals surface area contributed by atoms with Gasteiger partial charge < -0.3 is 10.3 Å². The SMILES string of the molecule is Cc1cc(-c2nc(C(C)C)no2)ccc1N. The zero-order valence-electron chi connectivity index (χ0n) is 9.69. The number of aromatic nitrogens is 2. The van der Waals surface area contributed by atoms with Crippen molar-refractivity contribution in [2.45, 2.75) is 26.7 Å². The number of anilines is 1. The van der Waals surface area contributed by atoms with E-state index in [2.05, 4.69) is 10.1 Å². The Kier molecular flexibility index (Phi) is 2.64. The average molecular weight is 217 g/mol. The molecule has 0 aliphatic rings. The van der Waals surface area contributed by atoms with E-state index in [1.807, 2.05) is 39.0 Å². The van der Waals surface area contributed by atoms with E-state index in [0.717, 1.165) is 22.6 Å². The highest BCUT2D eigenvalue weighted by Gasteiger charge is 2.11. The molecule has 0 bridgehead atoms. The standard InChI is InChI=1S/C12H15N3O/c1-7(2)11-14-12(16-15-11)9-4-5-10(13)8(3)6-9/h4-7H,13H2,1-3H3. The van der Waals surface area contributed by atoms with Gasteiger partial charge in [0.15, 0.2) is 5.82 Å². The van der Waals surface area contributed by atoms with Crippen LogP contribution < -0.4 is 5.73 Å². The third-order valence-electron chi connectivity index (χ3n) is 2.47. The van der Waals surface area contributed by atoms with Gasteiger partial charge in [-0.1, -0.05) is 19.0 Å². The van der Waals surface area contributed by atoms with Crippen molar-refractivity contribution >= 4 is 5.69 Å². The van der Waals surface area contributed by atoms with Crippen molar-refractivity contribution in [3.8, 4) is 11.5 Å². The molecule has 1 aromatic carbocycles. The van der Waals surface area contributed by atoms with Gasteiger partial charge in [-0.2, -0.15) is 4.98 Å². The molecule has 0 aliphatic heterocycles. The summed E-state index contributed by atoms with van der Waals surface area (Å²) in [7, 11) is 0. The van der Waals surface area contributed by atoms with Crippen molar-refractivity contribution in [1.82, 2.24) is 10.1 Å². The zero-order valence-corrected chi connectivity index (χ0v) is 9.69. The van der Waals surface area contributed by atoms with Crippen LogP contribution in [0.5, 0.6) is 0 Å². The summed E-state index contributed by atoms with van der Waals surface area (Å²) in [6.45, 7) is 6.02. The van der Waals surface area contributed by atoms with Gasteiger partial charge in [-0.05, 0) is 30.7 Å². The summed E-state index contributed by atoms with van der Waals surface area (Å²) < 4.78 is 5.20. The predicted octanol–water partition coefficient (Wildman–Crippen LogP) is 2.75. The number of benzene rings is 1. The summed E-state index contributed by atoms with van der Waals surface area (Å²) in [6, 6.07) is 5.69. The molecule has 0 radical (unpaired) electrons. The minimum absolute atomic E-state index is 0.271. The van der Waals surface area contributed by atoms with Crippen molar-refractivity contribution in [1.29, 1.82) is 0 Å². The van der Waals surface area contributed by atoms with E-state index in [0.29, 0.717) is 5.89 Å². The second-order valence-corrected chi connectivity index (χ2v) is 4.18. The van der Waals surface area contributed by atoms with E-state index in [9.17, 15) is 0 Å². The van der Waals surface area contributed by atoms with Crippen molar-refractivity contribution in [3.63, 3.8) is 0 Å². The number of rotatable bonds is 2. The topological polar surface area (TPSA) is 64.9 Å². The first-order valence-corrected chi connectivity index (χ1v) is 5.28. The Labute approximate surface area is 94.5 Å². The van der Waals surface area contributed by atoms with E-state index < -0.39 is 0 Å². The summed E-state index contributed by atoms with van der Waals surface area (Å²) in [4.78, 5) is 4.33. The van der Waals surface area contributed by atoms with Crippen molar-refractivity contribution in [2.24, 2.45) is 0 Å². The molecule has 0 atom stereocenters. The Morgan fingerprint density at radius 1 is 1.31 bits per heavy atom. The molecule has 0 unspecified atom stereocenters. The molecule has 4 nitrogen and oxygen atoms in total. The highest BCUT2D eigenvalue weighted by Crippen LogP contribution is 2.23. The lowest BCUT2D eigenvalue weighted by Crippen LogP contribution is -1.91. The molecule has 2 rings (SSSR count). The molecule has 16 heavy (non-hydrogen) atoms. The van der Waals surface area contributed by atoms with Crippen LogP contribution in [0.1, 0.15) is 31.2 Å². The molecule has 0 spiro atoms. The van der Waals surface area contributed by atoms with E-state index in [1.165, 1.54) is 0 Å². The zero-order chi connectivity index (χ0) is 11.7. The van der Waals surface area contributed by atoms with Crippen LogP contribution in [0.2, 0.25) is 0 Å². The Balaban J connectivity index is 2.39. The summed E-state index contributed by atoms with van der Waals surface area (Å²) in [5.74, 6) is 1.55. The lowest BCUT2D eigenvalue weighted by molar-refractivity contribution is 0.419. The Bertz CT molecular complexity index is 503. The highest BCUT2D eigenvalue weighted by molar-refractivity contribution is 5.60. The summed E-state index contributed by atoms with van der Waals surface area (Å²) in [5, 5.41) is 3.93. The van der Waals surface area contributed by atoms with Crippen molar-refractivity contribution in [2.75, 3.05) is 5.73 Å². The first-order chi connectivity index (χ1) is 7.58. The number of aryl methyl sites for hydroxylation is 1. The first-order valence-electron chi connectivity index (χ1n) is 5.28. The van der Waals surface area contributed by atoms with Crippen LogP contribution in [-0.2, 0) is 0 Å². The van der Waals surface area contributed by atoms with Crippen LogP contribution in [0, 0.1) is 6.92 Å². The van der Waals surface area contributed by atoms with Gasteiger partial charge in [-0.25, -0.2) is 0 Å². The third-order valence-corrected chi connectivity index (χ3v) is 2.47. The minimum atomic E-state index is 0.271. The number of nitrogens with two attached hydrogens (primary N) is 1. The van der Waals surface area contributed by atoms with Gasteiger partial charge >= 0.3 is 0 Å². The molecule has 0 aliphatic carbocycles. The summed E-state index contributed by atoms with van der Waals surface area (Å²) >= 11 is 0. The van der Waals surface area contributed by atoms with E-state index in [4.69, 9.17) is 10.3 Å². The predicted molar refractivity (Wildman–Crippen MR) is 63.0 cm³/mol. The molecular weight excluding hydrogens is 202 g/mol. The van der Waals surface area contributed by atoms with Gasteiger partial charge in [-0.15, -0.1) is 0 Å². The largest absolute Gasteiger partial charge is 0.399 e. The first kappa shape index (κ1) is 10.7. The Morgan fingerprint density at radius 3 is 2.62 bits per heavy atom. The van der Waals surface area contributed by atoms with Crippen LogP contribution in [0.15, 0.2) is 22.7 Å². The molecule has 4 heteroatoms. The summed E-state index contributed by atoms with van der Waals surface area (Å²) in [5.41, 5.74) is 8.45. The molecular formula is C12H15N3O. The molecule has 2 aromatic rings. The highest BCUT2D eigenvalue weighted by atomic mass is 16.5. The van der Waals surface area contributed by atoms with Gasteiger partial charge in [0.1, 0.15) is 0 Å². The van der Waals surface area contributed by atoms with Crippen molar-refractivity contribution < 1.29 is 4.52 Å². The quantitative estimate of drug-likeness (QED) is 0.785. The van der Waals surface area contributed by atoms with Crippen LogP contribution in [0.3, 0.4) is 0 Å². The lowest BCUT2D eigenvalue weighted by Gasteiger charge is -2.00. The molecule has 0 saturated heterocycles. The number of hydrogen-bond acceptors (Lipinski definition) is 4. The molecule has 0 fully saturated rings. The molecule has 1 aromatic heterocycles. The van der Waals surface area contributed by atoms with Gasteiger partial charge in [0, 0.05) is 17.2 Å². The second-order valence-electron chi connectivity index (χ2n) is 4.18. The van der Waals surface area contributed by atoms with Gasteiger partial charge in [0.25, 0.3) is 5.89 Å². The fraction of sp³-hybridized carbons (Fsp3) is 0.333. The minimum Gasteiger partial charge on any atom is -0.399 e. The van der Waals surface area contributed by atoms with Gasteiger partial charge in [-0.3, -0.25) is 0 Å². The maximum Gasteiger partial charge on any atom is 0.257 e. The Morgan fingerprint density at radius 2 is 2.06 bits per heavy atom. The van der Waals surface area contributed by atoms with Crippen LogP contribution in [-0.4, -0.2) is 10.1 Å². The smallest absolute Gasteiger partial charge is 0.257 e. The molecule has 84 valence electrons. The molecule has 1 heterocycles. The third kappa shape index (κ3) is 1.91. The number of nitrogens with zero attached hydrogens (tertiary/aromatic N) is 2. The maximum absolute atomic E-state index is 5.75. The number of nitrogen functional groups attached to an aromatic ring is 1.